The molecule has 0 bridgehead atoms. The van der Waals surface area contributed by atoms with Gasteiger partial charge in [0.1, 0.15) is 0 Å². The summed E-state index contributed by atoms with van der Waals surface area (Å²) >= 11 is 1.53. The molecule has 224 valence electrons. The SMILES string of the molecule is C#C/C=C/SN(C)/C(=C\C=C)CN1CCc2cc(OC)c(OC)cc2C1c1ccc(C(=O)N(CC)CC)cc1.C=CC. The van der Waals surface area contributed by atoms with E-state index in [0.717, 1.165) is 30.0 Å². The summed E-state index contributed by atoms with van der Waals surface area (Å²) in [6.45, 7) is 16.1. The third-order valence-corrected chi connectivity index (χ3v) is 7.77. The maximum atomic E-state index is 13.0. The minimum absolute atomic E-state index is 0.0426. The van der Waals surface area contributed by atoms with Crippen molar-refractivity contribution < 1.29 is 14.3 Å². The number of amides is 1. The molecule has 1 atom stereocenters. The van der Waals surface area contributed by atoms with Crippen molar-refractivity contribution in [3.05, 3.63) is 107 Å². The quantitative estimate of drug-likeness (QED) is 0.114. The molecule has 1 aliphatic rings. The number of hydrogen-bond donors (Lipinski definition) is 0. The molecule has 3 rings (SSSR count). The molecule has 2 aromatic rings. The summed E-state index contributed by atoms with van der Waals surface area (Å²) in [7, 11) is 5.35. The number of nitrogens with zero attached hydrogens (tertiary/aromatic N) is 3. The van der Waals surface area contributed by atoms with Gasteiger partial charge in [-0.1, -0.05) is 36.8 Å². The van der Waals surface area contributed by atoms with E-state index in [4.69, 9.17) is 15.9 Å². The Bertz CT molecular complexity index is 1290. The molecule has 1 heterocycles. The van der Waals surface area contributed by atoms with Gasteiger partial charge in [-0.2, -0.15) is 0 Å². The van der Waals surface area contributed by atoms with E-state index in [1.807, 2.05) is 62.4 Å². The number of likely N-dealkylation sites (N-methyl/N-ethyl adjacent to an activating group) is 1. The molecule has 0 fully saturated rings. The summed E-state index contributed by atoms with van der Waals surface area (Å²) in [5.41, 5.74) is 5.30. The first-order valence-electron chi connectivity index (χ1n) is 14.1. The van der Waals surface area contributed by atoms with Crippen LogP contribution < -0.4 is 9.47 Å². The number of rotatable bonds is 12. The molecule has 2 aromatic carbocycles. The third kappa shape index (κ3) is 8.82. The molecule has 6 nitrogen and oxygen atoms in total. The number of fused-ring (bicyclic) bond motifs is 1. The summed E-state index contributed by atoms with van der Waals surface area (Å²) in [4.78, 5) is 17.2. The van der Waals surface area contributed by atoms with Crippen LogP contribution in [0.25, 0.3) is 0 Å². The highest BCUT2D eigenvalue weighted by atomic mass is 32.2. The number of carbonyl (C=O) groups is 1. The highest BCUT2D eigenvalue weighted by molar-refractivity contribution is 8.00. The van der Waals surface area contributed by atoms with Crippen LogP contribution in [0.15, 0.2) is 85.0 Å². The highest BCUT2D eigenvalue weighted by Crippen LogP contribution is 2.41. The van der Waals surface area contributed by atoms with Crippen LogP contribution in [0.4, 0.5) is 0 Å². The van der Waals surface area contributed by atoms with E-state index >= 15 is 0 Å². The largest absolute Gasteiger partial charge is 0.493 e. The fourth-order valence-corrected chi connectivity index (χ4v) is 5.47. The molecule has 0 aliphatic carbocycles. The van der Waals surface area contributed by atoms with Gasteiger partial charge in [0, 0.05) is 49.9 Å². The van der Waals surface area contributed by atoms with Gasteiger partial charge in [0.25, 0.3) is 5.91 Å². The molecule has 0 aromatic heterocycles. The second-order valence-electron chi connectivity index (χ2n) is 9.50. The number of ether oxygens (including phenoxy) is 2. The van der Waals surface area contributed by atoms with Crippen molar-refractivity contribution >= 4 is 17.9 Å². The Morgan fingerprint density at radius 1 is 1.14 bits per heavy atom. The van der Waals surface area contributed by atoms with E-state index in [-0.39, 0.29) is 11.9 Å². The van der Waals surface area contributed by atoms with Crippen molar-refractivity contribution in [3.63, 3.8) is 0 Å². The van der Waals surface area contributed by atoms with Gasteiger partial charge in [-0.15, -0.1) is 13.0 Å². The molecule has 0 saturated heterocycles. The molecule has 7 heteroatoms. The average Bonchev–Trinajstić information content (AvgIpc) is 3.01. The smallest absolute Gasteiger partial charge is 0.253 e. The molecule has 0 N–H and O–H groups in total. The van der Waals surface area contributed by atoms with Gasteiger partial charge in [-0.05, 0) is 92.2 Å². The van der Waals surface area contributed by atoms with Gasteiger partial charge in [0.2, 0.25) is 0 Å². The van der Waals surface area contributed by atoms with Crippen LogP contribution in [0.1, 0.15) is 53.9 Å². The van der Waals surface area contributed by atoms with Crippen LogP contribution in [0.5, 0.6) is 11.5 Å². The molecule has 1 unspecified atom stereocenters. The van der Waals surface area contributed by atoms with Crippen LogP contribution in [0.3, 0.4) is 0 Å². The molecular formula is C35H45N3O3S. The Hall–Kier alpha value is -3.86. The summed E-state index contributed by atoms with van der Waals surface area (Å²) in [5, 5.41) is 1.89. The van der Waals surface area contributed by atoms with Crippen LogP contribution in [0, 0.1) is 12.3 Å². The lowest BCUT2D eigenvalue weighted by atomic mass is 9.87. The average molecular weight is 588 g/mol. The fraction of sp³-hybridized carbons (Fsp3) is 0.343. The normalized spacial score (nSPS) is 14.6. The lowest BCUT2D eigenvalue weighted by Crippen LogP contribution is -2.39. The lowest BCUT2D eigenvalue weighted by Gasteiger charge is -2.39. The maximum absolute atomic E-state index is 13.0. The van der Waals surface area contributed by atoms with Gasteiger partial charge >= 0.3 is 0 Å². The third-order valence-electron chi connectivity index (χ3n) is 6.96. The van der Waals surface area contributed by atoms with Crippen molar-refractivity contribution in [1.29, 1.82) is 0 Å². The van der Waals surface area contributed by atoms with E-state index < -0.39 is 0 Å². The van der Waals surface area contributed by atoms with Gasteiger partial charge in [0.15, 0.2) is 11.5 Å². The second-order valence-corrected chi connectivity index (χ2v) is 10.5. The first-order chi connectivity index (χ1) is 20.3. The zero-order chi connectivity index (χ0) is 31.1. The van der Waals surface area contributed by atoms with Crippen molar-refractivity contribution in [1.82, 2.24) is 14.1 Å². The Morgan fingerprint density at radius 2 is 1.76 bits per heavy atom. The first-order valence-corrected chi connectivity index (χ1v) is 15.0. The number of terminal acetylenes is 1. The van der Waals surface area contributed by atoms with Gasteiger partial charge < -0.3 is 18.7 Å². The Kier molecular flexibility index (Phi) is 14.6. The molecule has 1 aliphatic heterocycles. The van der Waals surface area contributed by atoms with Crippen molar-refractivity contribution in [2.45, 2.75) is 33.2 Å². The zero-order valence-electron chi connectivity index (χ0n) is 25.9. The second kappa shape index (κ2) is 17.8. The number of allylic oxidation sites excluding steroid dienone is 4. The van der Waals surface area contributed by atoms with Crippen LogP contribution in [0.2, 0.25) is 0 Å². The Morgan fingerprint density at radius 3 is 2.31 bits per heavy atom. The summed E-state index contributed by atoms with van der Waals surface area (Å²) in [6, 6.07) is 12.2. The standard InChI is InChI=1S/C32H39N3O3S.C3H6/c1-8-12-20-39-33(5)27(13-9-2)23-35-19-18-26-21-29(37-6)30(38-7)22-28(26)31(35)24-14-16-25(17-15-24)32(36)34(10-3)11-4;1-3-2/h1,9,12-17,20-22,31H,2,10-11,18-19,23H2,3-7H3;3H,1H2,2H3/b20-12+,27-13-;. The predicted octanol–water partition coefficient (Wildman–Crippen LogP) is 7.12. The summed E-state index contributed by atoms with van der Waals surface area (Å²) < 4.78 is 13.4. The monoisotopic (exact) mass is 587 g/mol. The molecule has 1 amide bonds. The first kappa shape index (κ1) is 34.3. The predicted molar refractivity (Wildman–Crippen MR) is 178 cm³/mol. The molecule has 0 radical (unpaired) electrons. The van der Waals surface area contributed by atoms with E-state index in [1.165, 1.54) is 23.1 Å². The molecule has 0 saturated carbocycles. The number of benzene rings is 2. The number of hydrogen-bond acceptors (Lipinski definition) is 6. The summed E-state index contributed by atoms with van der Waals surface area (Å²) in [6.07, 6.45) is 13.5. The lowest BCUT2D eigenvalue weighted by molar-refractivity contribution is 0.0773. The van der Waals surface area contributed by atoms with Crippen LogP contribution >= 0.6 is 11.9 Å². The summed E-state index contributed by atoms with van der Waals surface area (Å²) in [5.74, 6) is 4.01. The number of methoxy groups -OCH3 is 2. The van der Waals surface area contributed by atoms with E-state index in [9.17, 15) is 4.79 Å². The molecular weight excluding hydrogens is 542 g/mol. The fourth-order valence-electron chi connectivity index (χ4n) is 4.89. The minimum Gasteiger partial charge on any atom is -0.493 e. The molecule has 0 spiro atoms. The van der Waals surface area contributed by atoms with E-state index in [0.29, 0.717) is 30.9 Å². The Labute approximate surface area is 257 Å². The highest BCUT2D eigenvalue weighted by Gasteiger charge is 2.31. The zero-order valence-corrected chi connectivity index (χ0v) is 26.7. The van der Waals surface area contributed by atoms with Gasteiger partial charge in [0.05, 0.1) is 20.3 Å². The molecule has 42 heavy (non-hydrogen) atoms. The van der Waals surface area contributed by atoms with Crippen molar-refractivity contribution in [3.8, 4) is 23.8 Å². The van der Waals surface area contributed by atoms with Crippen LogP contribution in [-0.4, -0.2) is 67.5 Å². The number of carbonyl (C=O) groups excluding carboxylic acids is 1. The van der Waals surface area contributed by atoms with E-state index in [1.54, 1.807) is 26.4 Å². The topological polar surface area (TPSA) is 45.3 Å². The van der Waals surface area contributed by atoms with Gasteiger partial charge in [-0.25, -0.2) is 0 Å². The van der Waals surface area contributed by atoms with Crippen molar-refractivity contribution in [2.24, 2.45) is 0 Å². The van der Waals surface area contributed by atoms with Crippen molar-refractivity contribution in [2.75, 3.05) is 47.4 Å². The van der Waals surface area contributed by atoms with Crippen LogP contribution in [-0.2, 0) is 6.42 Å². The van der Waals surface area contributed by atoms with E-state index in [2.05, 4.69) is 52.5 Å². The minimum atomic E-state index is -0.0426. The van der Waals surface area contributed by atoms with Gasteiger partial charge in [-0.3, -0.25) is 9.69 Å². The Balaban J connectivity index is 0.00000197. The maximum Gasteiger partial charge on any atom is 0.253 e.